The molecule has 1 heterocycles. The van der Waals surface area contributed by atoms with Gasteiger partial charge in [-0.3, -0.25) is 0 Å². The first-order valence-electron chi connectivity index (χ1n) is 6.21. The highest BCUT2D eigenvalue weighted by Crippen LogP contribution is 2.40. The summed E-state index contributed by atoms with van der Waals surface area (Å²) in [4.78, 5) is 0. The molecule has 2 rings (SSSR count). The molecule has 2 unspecified atom stereocenters. The number of aryl methyl sites for hydroxylation is 1. The predicted octanol–water partition coefficient (Wildman–Crippen LogP) is 1.78. The Morgan fingerprint density at radius 1 is 1.47 bits per heavy atom. The zero-order chi connectivity index (χ0) is 12.3. The average Bonchev–Trinajstić information content (AvgIpc) is 2.39. The van der Waals surface area contributed by atoms with Crippen molar-refractivity contribution in [2.45, 2.75) is 25.9 Å². The van der Waals surface area contributed by atoms with Crippen LogP contribution in [0.1, 0.15) is 30.1 Å². The molecule has 0 saturated carbocycles. The molecule has 1 fully saturated rings. The van der Waals surface area contributed by atoms with Crippen LogP contribution in [0.3, 0.4) is 0 Å². The zero-order valence-corrected chi connectivity index (χ0v) is 10.4. The quantitative estimate of drug-likeness (QED) is 0.839. The lowest BCUT2D eigenvalue weighted by molar-refractivity contribution is -0.0783. The molecule has 0 aliphatic carbocycles. The number of hydrogen-bond donors (Lipinski definition) is 2. The second kappa shape index (κ2) is 5.17. The average molecular weight is 235 g/mol. The summed E-state index contributed by atoms with van der Waals surface area (Å²) in [6.07, 6.45) is 1.37. The van der Waals surface area contributed by atoms with E-state index in [1.54, 1.807) is 0 Å². The molecular weight excluding hydrogens is 214 g/mol. The van der Waals surface area contributed by atoms with E-state index in [2.05, 4.69) is 0 Å². The second-order valence-corrected chi connectivity index (χ2v) is 4.98. The van der Waals surface area contributed by atoms with E-state index in [9.17, 15) is 5.11 Å². The lowest BCUT2D eigenvalue weighted by Crippen LogP contribution is -2.43. The van der Waals surface area contributed by atoms with Crippen molar-refractivity contribution in [1.82, 2.24) is 0 Å². The maximum Gasteiger partial charge on any atom is 0.0883 e. The van der Waals surface area contributed by atoms with E-state index in [1.165, 1.54) is 0 Å². The lowest BCUT2D eigenvalue weighted by Gasteiger charge is -2.40. The van der Waals surface area contributed by atoms with E-state index in [0.29, 0.717) is 13.2 Å². The summed E-state index contributed by atoms with van der Waals surface area (Å²) in [6.45, 7) is 3.82. The Bertz CT molecular complexity index is 372. The van der Waals surface area contributed by atoms with Crippen molar-refractivity contribution in [2.24, 2.45) is 11.1 Å². The van der Waals surface area contributed by atoms with Crippen molar-refractivity contribution in [1.29, 1.82) is 0 Å². The maximum absolute atomic E-state index is 10.6. The highest BCUT2D eigenvalue weighted by molar-refractivity contribution is 5.29. The zero-order valence-electron chi connectivity index (χ0n) is 10.4. The monoisotopic (exact) mass is 235 g/mol. The predicted molar refractivity (Wildman–Crippen MR) is 67.7 cm³/mol. The van der Waals surface area contributed by atoms with Crippen molar-refractivity contribution >= 4 is 0 Å². The lowest BCUT2D eigenvalue weighted by atomic mass is 9.74. The fourth-order valence-corrected chi connectivity index (χ4v) is 2.59. The summed E-state index contributed by atoms with van der Waals surface area (Å²) in [6, 6.07) is 7.94. The fraction of sp³-hybridized carbons (Fsp3) is 0.571. The van der Waals surface area contributed by atoms with Gasteiger partial charge in [0.2, 0.25) is 0 Å². The molecule has 1 aromatic carbocycles. The van der Waals surface area contributed by atoms with Gasteiger partial charge in [-0.2, -0.15) is 0 Å². The van der Waals surface area contributed by atoms with E-state index in [-0.39, 0.29) is 5.41 Å². The number of rotatable bonds is 3. The van der Waals surface area contributed by atoms with Gasteiger partial charge in [-0.25, -0.2) is 0 Å². The molecule has 2 atom stereocenters. The van der Waals surface area contributed by atoms with Crippen LogP contribution in [0.4, 0.5) is 0 Å². The Morgan fingerprint density at radius 2 is 2.24 bits per heavy atom. The minimum Gasteiger partial charge on any atom is -0.388 e. The number of nitrogens with two attached hydrogens (primary N) is 1. The van der Waals surface area contributed by atoms with Gasteiger partial charge in [0.15, 0.2) is 0 Å². The first-order valence-corrected chi connectivity index (χ1v) is 6.21. The van der Waals surface area contributed by atoms with Crippen LogP contribution in [0.15, 0.2) is 24.3 Å². The molecule has 0 amide bonds. The second-order valence-electron chi connectivity index (χ2n) is 4.98. The number of benzene rings is 1. The van der Waals surface area contributed by atoms with E-state index in [1.807, 2.05) is 31.2 Å². The standard InChI is InChI=1S/C14H21NO2/c1-11-5-2-3-6-12(11)13(16)14(9-15)7-4-8-17-10-14/h2-3,5-6,13,16H,4,7-10,15H2,1H3. The van der Waals surface area contributed by atoms with Crippen molar-refractivity contribution in [2.75, 3.05) is 19.8 Å². The Labute approximate surface area is 103 Å². The third-order valence-corrected chi connectivity index (χ3v) is 3.82. The summed E-state index contributed by atoms with van der Waals surface area (Å²) in [5.74, 6) is 0. The number of ether oxygens (including phenoxy) is 1. The topological polar surface area (TPSA) is 55.5 Å². The highest BCUT2D eigenvalue weighted by atomic mass is 16.5. The Kier molecular flexibility index (Phi) is 3.82. The first-order chi connectivity index (χ1) is 8.19. The van der Waals surface area contributed by atoms with E-state index >= 15 is 0 Å². The molecule has 3 heteroatoms. The molecule has 94 valence electrons. The molecular formula is C14H21NO2. The smallest absolute Gasteiger partial charge is 0.0883 e. The van der Waals surface area contributed by atoms with Crippen molar-refractivity contribution in [3.63, 3.8) is 0 Å². The van der Waals surface area contributed by atoms with Crippen molar-refractivity contribution in [3.8, 4) is 0 Å². The number of hydrogen-bond acceptors (Lipinski definition) is 3. The van der Waals surface area contributed by atoms with Gasteiger partial charge in [-0.1, -0.05) is 24.3 Å². The molecule has 3 N–H and O–H groups in total. The van der Waals surface area contributed by atoms with Crippen LogP contribution in [0.25, 0.3) is 0 Å². The normalized spacial score (nSPS) is 26.8. The van der Waals surface area contributed by atoms with E-state index in [0.717, 1.165) is 30.6 Å². The molecule has 0 bridgehead atoms. The largest absolute Gasteiger partial charge is 0.388 e. The fourth-order valence-electron chi connectivity index (χ4n) is 2.59. The molecule has 17 heavy (non-hydrogen) atoms. The van der Waals surface area contributed by atoms with Crippen LogP contribution in [0.5, 0.6) is 0 Å². The minimum absolute atomic E-state index is 0.315. The van der Waals surface area contributed by atoms with Gasteiger partial charge >= 0.3 is 0 Å². The highest BCUT2D eigenvalue weighted by Gasteiger charge is 2.39. The van der Waals surface area contributed by atoms with Crippen molar-refractivity contribution < 1.29 is 9.84 Å². The van der Waals surface area contributed by atoms with Gasteiger partial charge in [-0.05, 0) is 30.9 Å². The van der Waals surface area contributed by atoms with Gasteiger partial charge in [0.1, 0.15) is 0 Å². The molecule has 0 radical (unpaired) electrons. The SMILES string of the molecule is Cc1ccccc1C(O)C1(CN)CCCOC1. The third kappa shape index (κ3) is 2.37. The number of aliphatic hydroxyl groups excluding tert-OH is 1. The van der Waals surface area contributed by atoms with Crippen LogP contribution in [0, 0.1) is 12.3 Å². The molecule has 0 aromatic heterocycles. The van der Waals surface area contributed by atoms with Crippen LogP contribution >= 0.6 is 0 Å². The minimum atomic E-state index is -0.533. The summed E-state index contributed by atoms with van der Waals surface area (Å²) in [7, 11) is 0. The molecule has 0 spiro atoms. The Hall–Kier alpha value is -0.900. The van der Waals surface area contributed by atoms with Gasteiger partial charge in [0.25, 0.3) is 0 Å². The summed E-state index contributed by atoms with van der Waals surface area (Å²) < 4.78 is 5.52. The third-order valence-electron chi connectivity index (χ3n) is 3.82. The molecule has 1 aliphatic heterocycles. The van der Waals surface area contributed by atoms with Gasteiger partial charge in [-0.15, -0.1) is 0 Å². The molecule has 1 aromatic rings. The van der Waals surface area contributed by atoms with Gasteiger partial charge in [0.05, 0.1) is 12.7 Å². The van der Waals surface area contributed by atoms with E-state index < -0.39 is 6.10 Å². The Morgan fingerprint density at radius 3 is 2.82 bits per heavy atom. The van der Waals surface area contributed by atoms with Crippen LogP contribution in [-0.2, 0) is 4.74 Å². The van der Waals surface area contributed by atoms with Crippen LogP contribution < -0.4 is 5.73 Å². The molecule has 1 aliphatic rings. The summed E-state index contributed by atoms with van der Waals surface area (Å²) >= 11 is 0. The summed E-state index contributed by atoms with van der Waals surface area (Å²) in [5.41, 5.74) is 7.66. The maximum atomic E-state index is 10.6. The molecule has 3 nitrogen and oxygen atoms in total. The van der Waals surface area contributed by atoms with Crippen molar-refractivity contribution in [3.05, 3.63) is 35.4 Å². The van der Waals surface area contributed by atoms with Gasteiger partial charge < -0.3 is 15.6 Å². The number of aliphatic hydroxyl groups is 1. The van der Waals surface area contributed by atoms with E-state index in [4.69, 9.17) is 10.5 Å². The van der Waals surface area contributed by atoms with Crippen LogP contribution in [0.2, 0.25) is 0 Å². The Balaban J connectivity index is 2.28. The first kappa shape index (κ1) is 12.6. The van der Waals surface area contributed by atoms with Gasteiger partial charge in [0, 0.05) is 18.6 Å². The summed E-state index contributed by atoms with van der Waals surface area (Å²) in [5, 5.41) is 10.6. The van der Waals surface area contributed by atoms with Crippen LogP contribution in [-0.4, -0.2) is 24.9 Å². The molecule has 1 saturated heterocycles.